The number of hydroxylamine groups is 2. The number of amides is 2. The van der Waals surface area contributed by atoms with E-state index < -0.39 is 17.3 Å². The van der Waals surface area contributed by atoms with Crippen molar-refractivity contribution < 1.29 is 23.6 Å². The second-order valence-corrected chi connectivity index (χ2v) is 6.86. The molecule has 3 fully saturated rings. The van der Waals surface area contributed by atoms with Crippen LogP contribution in [0.5, 0.6) is 5.75 Å². The third kappa shape index (κ3) is 2.62. The molecule has 6 nitrogen and oxygen atoms in total. The maximum Gasteiger partial charge on any atom is 0.257 e. The van der Waals surface area contributed by atoms with Crippen molar-refractivity contribution in [3.05, 3.63) is 29.6 Å². The number of hydrogen-bond donors (Lipinski definition) is 0. The van der Waals surface area contributed by atoms with E-state index in [-0.39, 0.29) is 17.9 Å². The first-order chi connectivity index (χ1) is 11.5. The number of benzene rings is 1. The molecule has 0 radical (unpaired) electrons. The average molecular weight is 334 g/mol. The average Bonchev–Trinajstić information content (AvgIpc) is 3.27. The van der Waals surface area contributed by atoms with Crippen molar-refractivity contribution in [1.29, 1.82) is 0 Å². The Kier molecular flexibility index (Phi) is 3.49. The highest BCUT2D eigenvalue weighted by Gasteiger charge is 2.55. The molecule has 0 N–H and O–H groups in total. The van der Waals surface area contributed by atoms with Crippen LogP contribution in [0.2, 0.25) is 0 Å². The van der Waals surface area contributed by atoms with E-state index in [2.05, 4.69) is 0 Å². The number of methoxy groups -OCH3 is 1. The summed E-state index contributed by atoms with van der Waals surface area (Å²) in [5, 5.41) is 1.45. The summed E-state index contributed by atoms with van der Waals surface area (Å²) < 4.78 is 19.0. The van der Waals surface area contributed by atoms with E-state index in [4.69, 9.17) is 9.57 Å². The molecule has 0 atom stereocenters. The molecule has 2 amide bonds. The normalized spacial score (nSPS) is 22.0. The smallest absolute Gasteiger partial charge is 0.257 e. The van der Waals surface area contributed by atoms with Gasteiger partial charge >= 0.3 is 0 Å². The number of carbonyl (C=O) groups is 2. The maximum absolute atomic E-state index is 14.0. The maximum atomic E-state index is 14.0. The van der Waals surface area contributed by atoms with Crippen molar-refractivity contribution in [3.63, 3.8) is 0 Å². The Morgan fingerprint density at radius 2 is 2.17 bits per heavy atom. The van der Waals surface area contributed by atoms with Gasteiger partial charge in [0.1, 0.15) is 17.2 Å². The Balaban J connectivity index is 1.40. The molecule has 1 aromatic carbocycles. The molecule has 7 heteroatoms. The molecule has 0 unspecified atom stereocenters. The lowest BCUT2D eigenvalue weighted by atomic mass is 9.90. The SMILES string of the molecule is COc1ccc(C(=O)N2CC3(CC(=O)N(CC4CC4)O3)C2)c(F)c1. The van der Waals surface area contributed by atoms with Gasteiger partial charge in [-0.05, 0) is 30.9 Å². The van der Waals surface area contributed by atoms with E-state index in [1.165, 1.54) is 29.2 Å². The highest BCUT2D eigenvalue weighted by Crippen LogP contribution is 2.39. The second kappa shape index (κ2) is 5.44. The number of likely N-dealkylation sites (tertiary alicyclic amines) is 1. The first-order valence-electron chi connectivity index (χ1n) is 8.12. The van der Waals surface area contributed by atoms with Gasteiger partial charge in [-0.3, -0.25) is 14.4 Å². The molecule has 0 aromatic heterocycles. The first kappa shape index (κ1) is 15.4. The van der Waals surface area contributed by atoms with E-state index >= 15 is 0 Å². The Hall–Kier alpha value is -2.15. The minimum absolute atomic E-state index is 0.00445. The van der Waals surface area contributed by atoms with Gasteiger partial charge in [-0.2, -0.15) is 0 Å². The molecule has 2 aliphatic heterocycles. The lowest BCUT2D eigenvalue weighted by molar-refractivity contribution is -0.230. The first-order valence-corrected chi connectivity index (χ1v) is 8.12. The number of ether oxygens (including phenoxy) is 1. The Morgan fingerprint density at radius 1 is 1.42 bits per heavy atom. The van der Waals surface area contributed by atoms with Gasteiger partial charge in [0.05, 0.1) is 38.7 Å². The van der Waals surface area contributed by atoms with Gasteiger partial charge in [0.15, 0.2) is 0 Å². The third-order valence-electron chi connectivity index (χ3n) is 4.83. The Morgan fingerprint density at radius 3 is 2.79 bits per heavy atom. The number of rotatable bonds is 4. The molecule has 128 valence electrons. The summed E-state index contributed by atoms with van der Waals surface area (Å²) in [7, 11) is 1.44. The predicted octanol–water partition coefficient (Wildman–Crippen LogP) is 1.60. The van der Waals surface area contributed by atoms with Crippen molar-refractivity contribution in [2.24, 2.45) is 5.92 Å². The molecule has 4 rings (SSSR count). The van der Waals surface area contributed by atoms with Crippen LogP contribution >= 0.6 is 0 Å². The molecule has 3 aliphatic rings. The van der Waals surface area contributed by atoms with Gasteiger partial charge in [-0.25, -0.2) is 9.45 Å². The summed E-state index contributed by atoms with van der Waals surface area (Å²) in [6, 6.07) is 4.16. The Bertz CT molecular complexity index is 698. The summed E-state index contributed by atoms with van der Waals surface area (Å²) in [6.45, 7) is 1.26. The summed E-state index contributed by atoms with van der Waals surface area (Å²) in [4.78, 5) is 31.8. The van der Waals surface area contributed by atoms with Crippen LogP contribution in [-0.2, 0) is 9.63 Å². The summed E-state index contributed by atoms with van der Waals surface area (Å²) in [5.41, 5.74) is -0.616. The van der Waals surface area contributed by atoms with Crippen LogP contribution in [0.25, 0.3) is 0 Å². The lowest BCUT2D eigenvalue weighted by Crippen LogP contribution is -2.63. The lowest BCUT2D eigenvalue weighted by Gasteiger charge is -2.45. The third-order valence-corrected chi connectivity index (χ3v) is 4.83. The minimum Gasteiger partial charge on any atom is -0.497 e. The van der Waals surface area contributed by atoms with Crippen LogP contribution in [0.15, 0.2) is 18.2 Å². The molecule has 1 aromatic rings. The highest BCUT2D eigenvalue weighted by atomic mass is 19.1. The van der Waals surface area contributed by atoms with Gasteiger partial charge in [-0.1, -0.05) is 0 Å². The quantitative estimate of drug-likeness (QED) is 0.839. The van der Waals surface area contributed by atoms with Crippen LogP contribution in [0.4, 0.5) is 4.39 Å². The summed E-state index contributed by atoms with van der Waals surface area (Å²) in [6.07, 6.45) is 2.57. The van der Waals surface area contributed by atoms with Gasteiger partial charge in [0.25, 0.3) is 5.91 Å². The van der Waals surface area contributed by atoms with Crippen LogP contribution in [-0.4, -0.2) is 54.1 Å². The molecule has 1 spiro atoms. The van der Waals surface area contributed by atoms with Gasteiger partial charge in [0.2, 0.25) is 5.91 Å². The number of hydrogen-bond acceptors (Lipinski definition) is 4. The van der Waals surface area contributed by atoms with E-state index in [1.54, 1.807) is 6.07 Å². The fourth-order valence-corrected chi connectivity index (χ4v) is 3.28. The number of nitrogens with zero attached hydrogens (tertiary/aromatic N) is 2. The fourth-order valence-electron chi connectivity index (χ4n) is 3.28. The van der Waals surface area contributed by atoms with Crippen LogP contribution < -0.4 is 4.74 Å². The Labute approximate surface area is 139 Å². The topological polar surface area (TPSA) is 59.1 Å². The number of carbonyl (C=O) groups excluding carboxylic acids is 2. The van der Waals surface area contributed by atoms with Crippen molar-refractivity contribution in [3.8, 4) is 5.75 Å². The van der Waals surface area contributed by atoms with Gasteiger partial charge in [-0.15, -0.1) is 0 Å². The number of halogens is 1. The van der Waals surface area contributed by atoms with Crippen molar-refractivity contribution in [2.75, 3.05) is 26.7 Å². The van der Waals surface area contributed by atoms with E-state index in [0.717, 1.165) is 12.8 Å². The van der Waals surface area contributed by atoms with Crippen molar-refractivity contribution in [2.45, 2.75) is 24.9 Å². The van der Waals surface area contributed by atoms with Crippen molar-refractivity contribution >= 4 is 11.8 Å². The van der Waals surface area contributed by atoms with Crippen LogP contribution in [0, 0.1) is 11.7 Å². The zero-order valence-corrected chi connectivity index (χ0v) is 13.5. The van der Waals surface area contributed by atoms with Crippen LogP contribution in [0.3, 0.4) is 0 Å². The second-order valence-electron chi connectivity index (χ2n) is 6.86. The van der Waals surface area contributed by atoms with Gasteiger partial charge in [0, 0.05) is 6.07 Å². The minimum atomic E-state index is -0.620. The molecule has 1 saturated carbocycles. The molecular formula is C17H19FN2O4. The fraction of sp³-hybridized carbons (Fsp3) is 0.529. The summed E-state index contributed by atoms with van der Waals surface area (Å²) >= 11 is 0. The monoisotopic (exact) mass is 334 g/mol. The predicted molar refractivity (Wildman–Crippen MR) is 81.7 cm³/mol. The standard InChI is InChI=1S/C17H19FN2O4/c1-23-12-4-5-13(14(18)6-12)16(22)19-9-17(10-19)7-15(21)20(24-17)8-11-2-3-11/h4-6,11H,2-3,7-10H2,1H3. The molecule has 2 heterocycles. The summed E-state index contributed by atoms with van der Waals surface area (Å²) in [5.74, 6) is -0.110. The highest BCUT2D eigenvalue weighted by molar-refractivity contribution is 5.95. The molecular weight excluding hydrogens is 315 g/mol. The van der Waals surface area contributed by atoms with Crippen molar-refractivity contribution in [1.82, 2.24) is 9.96 Å². The van der Waals surface area contributed by atoms with Crippen LogP contribution in [0.1, 0.15) is 29.6 Å². The largest absolute Gasteiger partial charge is 0.497 e. The molecule has 24 heavy (non-hydrogen) atoms. The zero-order valence-electron chi connectivity index (χ0n) is 13.5. The zero-order chi connectivity index (χ0) is 16.9. The molecule has 0 bridgehead atoms. The van der Waals surface area contributed by atoms with E-state index in [0.29, 0.717) is 31.3 Å². The molecule has 2 saturated heterocycles. The van der Waals surface area contributed by atoms with Gasteiger partial charge < -0.3 is 9.64 Å². The van der Waals surface area contributed by atoms with E-state index in [1.807, 2.05) is 0 Å². The molecule has 1 aliphatic carbocycles. The van der Waals surface area contributed by atoms with E-state index in [9.17, 15) is 14.0 Å².